The Bertz CT molecular complexity index is 1580. The Balaban J connectivity index is 0.000000384. The van der Waals surface area contributed by atoms with E-state index in [2.05, 4.69) is 49.6 Å². The van der Waals surface area contributed by atoms with Gasteiger partial charge in [0.25, 0.3) is 5.56 Å². The molecule has 9 heteroatoms. The van der Waals surface area contributed by atoms with E-state index < -0.39 is 6.10 Å². The van der Waals surface area contributed by atoms with E-state index >= 15 is 0 Å². The van der Waals surface area contributed by atoms with E-state index in [4.69, 9.17) is 5.73 Å². The number of nitrogens with zero attached hydrogens (tertiary/aromatic N) is 6. The van der Waals surface area contributed by atoms with E-state index in [0.717, 1.165) is 36.0 Å². The fourth-order valence-corrected chi connectivity index (χ4v) is 4.83. The number of benzene rings is 2. The summed E-state index contributed by atoms with van der Waals surface area (Å²) >= 11 is 0. The molecule has 0 bridgehead atoms. The zero-order valence-corrected chi connectivity index (χ0v) is 21.6. The van der Waals surface area contributed by atoms with E-state index in [1.807, 2.05) is 30.3 Å². The van der Waals surface area contributed by atoms with Crippen molar-refractivity contribution >= 4 is 16.5 Å². The van der Waals surface area contributed by atoms with E-state index in [-0.39, 0.29) is 12.1 Å². The molecule has 0 fully saturated rings. The fraction of sp³-hybridized carbons (Fsp3) is 0.233. The molecule has 2 aromatic carbocycles. The van der Waals surface area contributed by atoms with Gasteiger partial charge in [0.2, 0.25) is 0 Å². The van der Waals surface area contributed by atoms with E-state index in [9.17, 15) is 9.90 Å². The average Bonchev–Trinajstić information content (AvgIpc) is 2.96. The predicted molar refractivity (Wildman–Crippen MR) is 151 cm³/mol. The zero-order valence-electron chi connectivity index (χ0n) is 21.6. The highest BCUT2D eigenvalue weighted by Crippen LogP contribution is 2.19. The van der Waals surface area contributed by atoms with Crippen LogP contribution in [0.4, 0.5) is 5.69 Å². The summed E-state index contributed by atoms with van der Waals surface area (Å²) in [6.45, 7) is 2.60. The van der Waals surface area contributed by atoms with Crippen molar-refractivity contribution in [3.05, 3.63) is 124 Å². The summed E-state index contributed by atoms with van der Waals surface area (Å²) in [6, 6.07) is 20.0. The number of β-amino-alcohol motifs (C(OH)–C–C–N with tert-alkyl or cyclic N) is 1. The van der Waals surface area contributed by atoms with Crippen LogP contribution in [0.15, 0.2) is 96.4 Å². The highest BCUT2D eigenvalue weighted by atomic mass is 16.3. The lowest BCUT2D eigenvalue weighted by atomic mass is 10.00. The van der Waals surface area contributed by atoms with Crippen molar-refractivity contribution in [1.29, 1.82) is 0 Å². The highest BCUT2D eigenvalue weighted by Gasteiger charge is 2.19. The molecule has 0 saturated carbocycles. The number of hydrogen-bond donors (Lipinski definition) is 2. The normalized spacial score (nSPS) is 13.8. The van der Waals surface area contributed by atoms with Crippen LogP contribution in [0.2, 0.25) is 0 Å². The summed E-state index contributed by atoms with van der Waals surface area (Å²) in [5.41, 5.74) is 10.6. The number of fused-ring (bicyclic) bond motifs is 2. The lowest BCUT2D eigenvalue weighted by Crippen LogP contribution is -2.39. The number of rotatable bonds is 6. The second-order valence-electron chi connectivity index (χ2n) is 9.71. The second kappa shape index (κ2) is 12.4. The molecule has 0 spiro atoms. The molecule has 3 aromatic heterocycles. The van der Waals surface area contributed by atoms with E-state index in [0.29, 0.717) is 24.0 Å². The van der Waals surface area contributed by atoms with E-state index in [1.54, 1.807) is 35.4 Å². The van der Waals surface area contributed by atoms with Gasteiger partial charge in [-0.1, -0.05) is 36.4 Å². The first kappa shape index (κ1) is 26.1. The summed E-state index contributed by atoms with van der Waals surface area (Å²) in [4.78, 5) is 15.4. The lowest BCUT2D eigenvalue weighted by molar-refractivity contribution is 0.0911. The Labute approximate surface area is 226 Å². The third-order valence-corrected chi connectivity index (χ3v) is 6.79. The van der Waals surface area contributed by atoms with Gasteiger partial charge in [0.15, 0.2) is 0 Å². The molecule has 1 unspecified atom stereocenters. The molecule has 0 amide bonds. The summed E-state index contributed by atoms with van der Waals surface area (Å²) in [5.74, 6) is 0. The van der Waals surface area contributed by atoms with Gasteiger partial charge in [0.1, 0.15) is 0 Å². The summed E-state index contributed by atoms with van der Waals surface area (Å²) in [6.07, 6.45) is 9.32. The number of anilines is 1. The van der Waals surface area contributed by atoms with Gasteiger partial charge in [-0.25, -0.2) is 0 Å². The number of pyridine rings is 1. The third kappa shape index (κ3) is 6.90. The van der Waals surface area contributed by atoms with Gasteiger partial charge in [-0.2, -0.15) is 20.4 Å². The second-order valence-corrected chi connectivity index (χ2v) is 9.71. The number of aliphatic hydroxyl groups excluding tert-OH is 1. The molecule has 0 radical (unpaired) electrons. The van der Waals surface area contributed by atoms with Gasteiger partial charge < -0.3 is 15.4 Å². The van der Waals surface area contributed by atoms with Gasteiger partial charge in [0, 0.05) is 37.4 Å². The minimum Gasteiger partial charge on any atom is -0.397 e. The van der Waals surface area contributed by atoms with Crippen LogP contribution in [-0.4, -0.2) is 54.2 Å². The van der Waals surface area contributed by atoms with Crippen LogP contribution in [0.1, 0.15) is 22.3 Å². The maximum Gasteiger partial charge on any atom is 0.258 e. The van der Waals surface area contributed by atoms with Crippen molar-refractivity contribution in [2.45, 2.75) is 32.0 Å². The van der Waals surface area contributed by atoms with Crippen molar-refractivity contribution in [2.24, 2.45) is 0 Å². The van der Waals surface area contributed by atoms with Gasteiger partial charge in [-0.05, 0) is 64.7 Å². The van der Waals surface area contributed by atoms with Crippen LogP contribution in [-0.2, 0) is 25.9 Å². The van der Waals surface area contributed by atoms with Gasteiger partial charge in [0.05, 0.1) is 36.9 Å². The zero-order chi connectivity index (χ0) is 27.0. The molecular weight excluding hydrogens is 490 g/mol. The number of nitrogens with two attached hydrogens (primary N) is 1. The Hall–Kier alpha value is -4.47. The Morgan fingerprint density at radius 3 is 2.38 bits per heavy atom. The minimum absolute atomic E-state index is 0.0692. The Morgan fingerprint density at radius 2 is 1.67 bits per heavy atom. The maximum atomic E-state index is 13.1. The van der Waals surface area contributed by atoms with Crippen LogP contribution in [0.25, 0.3) is 10.8 Å². The molecule has 9 nitrogen and oxygen atoms in total. The van der Waals surface area contributed by atoms with Crippen LogP contribution in [0.3, 0.4) is 0 Å². The molecule has 1 aliphatic heterocycles. The Morgan fingerprint density at radius 1 is 0.872 bits per heavy atom. The number of aromatic nitrogens is 5. The SMILES string of the molecule is Nc1ccnnc1.O=c1c2cc(Cc3ccnnc3)ccc2ccn1CC(O)CN1CCc2ccccc2C1. The molecule has 5 aromatic rings. The van der Waals surface area contributed by atoms with Gasteiger partial charge in [-0.15, -0.1) is 0 Å². The third-order valence-electron chi connectivity index (χ3n) is 6.79. The average molecular weight is 522 g/mol. The van der Waals surface area contributed by atoms with Crippen LogP contribution < -0.4 is 11.3 Å². The molecule has 1 atom stereocenters. The molecule has 39 heavy (non-hydrogen) atoms. The summed E-state index contributed by atoms with van der Waals surface area (Å²) < 4.78 is 1.63. The molecular formula is C30H31N7O2. The summed E-state index contributed by atoms with van der Waals surface area (Å²) in [5, 5.41) is 27.1. The first-order valence-corrected chi connectivity index (χ1v) is 12.9. The van der Waals surface area contributed by atoms with Gasteiger partial charge in [-0.3, -0.25) is 9.69 Å². The molecule has 0 saturated heterocycles. The molecule has 6 rings (SSSR count). The first-order valence-electron chi connectivity index (χ1n) is 12.9. The molecule has 4 heterocycles. The Kier molecular flexibility index (Phi) is 8.30. The smallest absolute Gasteiger partial charge is 0.258 e. The number of aliphatic hydroxyl groups is 1. The maximum absolute atomic E-state index is 13.1. The standard InChI is InChI=1S/C26H26N4O2.C4H5N3/c31-24(17-29-11-8-21-3-1-2-4-23(21)16-29)18-30-12-9-22-6-5-19(14-25(22)26(30)32)13-20-7-10-27-28-15-20;5-4-1-2-6-7-3-4/h1-7,9-10,12,14-15,24,31H,8,11,13,16-18H2;1-3H,(H2,5,6). The van der Waals surface area contributed by atoms with Crippen molar-refractivity contribution in [2.75, 3.05) is 18.8 Å². The topological polar surface area (TPSA) is 123 Å². The quantitative estimate of drug-likeness (QED) is 0.350. The first-order chi connectivity index (χ1) is 19.0. The molecule has 0 aliphatic carbocycles. The highest BCUT2D eigenvalue weighted by molar-refractivity contribution is 5.82. The number of nitrogen functional groups attached to an aromatic ring is 1. The fourth-order valence-electron chi connectivity index (χ4n) is 4.83. The summed E-state index contributed by atoms with van der Waals surface area (Å²) in [7, 11) is 0. The van der Waals surface area contributed by atoms with E-state index in [1.165, 1.54) is 17.3 Å². The monoisotopic (exact) mass is 521 g/mol. The molecule has 198 valence electrons. The van der Waals surface area contributed by atoms with Crippen LogP contribution >= 0.6 is 0 Å². The van der Waals surface area contributed by atoms with Crippen molar-refractivity contribution in [3.63, 3.8) is 0 Å². The van der Waals surface area contributed by atoms with Crippen molar-refractivity contribution < 1.29 is 5.11 Å². The largest absolute Gasteiger partial charge is 0.397 e. The minimum atomic E-state index is -0.610. The van der Waals surface area contributed by atoms with Crippen molar-refractivity contribution in [3.8, 4) is 0 Å². The van der Waals surface area contributed by atoms with Crippen LogP contribution in [0.5, 0.6) is 0 Å². The molecule has 3 N–H and O–H groups in total. The van der Waals surface area contributed by atoms with Crippen LogP contribution in [0, 0.1) is 0 Å². The lowest BCUT2D eigenvalue weighted by Gasteiger charge is -2.30. The predicted octanol–water partition coefficient (Wildman–Crippen LogP) is 2.86. The van der Waals surface area contributed by atoms with Gasteiger partial charge >= 0.3 is 0 Å². The number of hydrogen-bond acceptors (Lipinski definition) is 8. The molecule has 1 aliphatic rings. The van der Waals surface area contributed by atoms with Crippen molar-refractivity contribution in [1.82, 2.24) is 29.9 Å².